The van der Waals surface area contributed by atoms with E-state index in [1.807, 2.05) is 6.20 Å². The largest absolute Gasteiger partial charge is 0.304 e. The van der Waals surface area contributed by atoms with Crippen LogP contribution in [-0.2, 0) is 0 Å². The molecule has 2 aromatic heterocycles. The van der Waals surface area contributed by atoms with Crippen LogP contribution in [0.25, 0.3) is 10.1 Å². The maximum absolute atomic E-state index is 4.43. The molecule has 0 bridgehead atoms. The minimum absolute atomic E-state index is 0.980. The molecular weight excluding hydrogens is 232 g/mol. The highest BCUT2D eigenvalue weighted by Crippen LogP contribution is 2.26. The molecule has 0 radical (unpaired) electrons. The maximum atomic E-state index is 4.43. The summed E-state index contributed by atoms with van der Waals surface area (Å²) in [4.78, 5) is 6.78. The van der Waals surface area contributed by atoms with E-state index < -0.39 is 0 Å². The van der Waals surface area contributed by atoms with E-state index in [1.54, 1.807) is 11.3 Å². The van der Waals surface area contributed by atoms with Gasteiger partial charge in [0.05, 0.1) is 0 Å². The number of rotatable bonds is 2. The number of pyridine rings is 1. The van der Waals surface area contributed by atoms with Crippen molar-refractivity contribution in [2.24, 2.45) is 0 Å². The van der Waals surface area contributed by atoms with Gasteiger partial charge in [-0.25, -0.2) is 9.99 Å². The summed E-state index contributed by atoms with van der Waals surface area (Å²) >= 11 is 1.76. The van der Waals surface area contributed by atoms with Gasteiger partial charge in [0, 0.05) is 42.5 Å². The molecule has 0 aliphatic carbocycles. The van der Waals surface area contributed by atoms with Crippen LogP contribution in [0.5, 0.6) is 0 Å². The third kappa shape index (κ3) is 2.26. The molecule has 1 saturated heterocycles. The Morgan fingerprint density at radius 1 is 1.24 bits per heavy atom. The number of nitrogens with one attached hydrogen (secondary N) is 1. The SMILES string of the molecule is CN1CCN(Nc2nccc3sccc23)CC1. The number of piperazine rings is 1. The van der Waals surface area contributed by atoms with Gasteiger partial charge in [0.1, 0.15) is 5.82 Å². The van der Waals surface area contributed by atoms with E-state index in [0.29, 0.717) is 0 Å². The standard InChI is InChI=1S/C12H16N4S/c1-15-5-7-16(8-6-15)14-12-10-3-9-17-11(10)2-4-13-12/h2-4,9H,5-8H2,1H3,(H,13,14). The second kappa shape index (κ2) is 4.60. The smallest absolute Gasteiger partial charge is 0.149 e. The molecule has 0 atom stereocenters. The van der Waals surface area contributed by atoms with Crippen molar-refractivity contribution >= 4 is 27.2 Å². The molecule has 0 spiro atoms. The highest BCUT2D eigenvalue weighted by atomic mass is 32.1. The van der Waals surface area contributed by atoms with Crippen molar-refractivity contribution in [3.63, 3.8) is 0 Å². The molecule has 1 fully saturated rings. The van der Waals surface area contributed by atoms with Crippen LogP contribution in [0.3, 0.4) is 0 Å². The van der Waals surface area contributed by atoms with Crippen molar-refractivity contribution in [1.82, 2.24) is 14.9 Å². The Balaban J connectivity index is 1.78. The molecule has 1 aliphatic rings. The Labute approximate surface area is 105 Å². The van der Waals surface area contributed by atoms with Crippen molar-refractivity contribution in [3.05, 3.63) is 23.7 Å². The first kappa shape index (κ1) is 11.0. The second-order valence-electron chi connectivity index (χ2n) is 4.39. The third-order valence-corrected chi connectivity index (χ3v) is 4.03. The van der Waals surface area contributed by atoms with E-state index in [1.165, 1.54) is 10.1 Å². The minimum Gasteiger partial charge on any atom is -0.304 e. The number of hydrogen-bond donors (Lipinski definition) is 1. The van der Waals surface area contributed by atoms with Gasteiger partial charge in [-0.2, -0.15) is 0 Å². The summed E-state index contributed by atoms with van der Waals surface area (Å²) in [7, 11) is 2.16. The highest BCUT2D eigenvalue weighted by Gasteiger charge is 2.14. The number of likely N-dealkylation sites (N-methyl/N-ethyl adjacent to an activating group) is 1. The first-order valence-electron chi connectivity index (χ1n) is 5.85. The molecule has 1 aliphatic heterocycles. The molecule has 0 aromatic carbocycles. The van der Waals surface area contributed by atoms with Crippen LogP contribution in [0, 0.1) is 0 Å². The summed E-state index contributed by atoms with van der Waals surface area (Å²) in [6, 6.07) is 4.20. The van der Waals surface area contributed by atoms with Gasteiger partial charge in [-0.3, -0.25) is 0 Å². The van der Waals surface area contributed by atoms with Gasteiger partial charge >= 0.3 is 0 Å². The van der Waals surface area contributed by atoms with Crippen molar-refractivity contribution in [3.8, 4) is 0 Å². The molecule has 3 heterocycles. The maximum Gasteiger partial charge on any atom is 0.149 e. The monoisotopic (exact) mass is 248 g/mol. The molecule has 0 saturated carbocycles. The molecule has 1 N–H and O–H groups in total. The number of aromatic nitrogens is 1. The van der Waals surface area contributed by atoms with E-state index in [4.69, 9.17) is 0 Å². The lowest BCUT2D eigenvalue weighted by molar-refractivity contribution is 0.178. The third-order valence-electron chi connectivity index (χ3n) is 3.15. The van der Waals surface area contributed by atoms with Gasteiger partial charge in [-0.15, -0.1) is 11.3 Å². The lowest BCUT2D eigenvalue weighted by Gasteiger charge is -2.32. The average Bonchev–Trinajstić information content (AvgIpc) is 2.81. The fourth-order valence-corrected chi connectivity index (χ4v) is 2.83. The number of hydrogen-bond acceptors (Lipinski definition) is 5. The zero-order chi connectivity index (χ0) is 11.7. The van der Waals surface area contributed by atoms with E-state index in [2.05, 4.69) is 44.9 Å². The van der Waals surface area contributed by atoms with E-state index in [0.717, 1.165) is 32.0 Å². The Hall–Kier alpha value is -1.17. The number of hydrazine groups is 1. The number of thiophene rings is 1. The van der Waals surface area contributed by atoms with Crippen LogP contribution < -0.4 is 5.43 Å². The minimum atomic E-state index is 0.980. The van der Waals surface area contributed by atoms with E-state index >= 15 is 0 Å². The predicted molar refractivity (Wildman–Crippen MR) is 72.3 cm³/mol. The zero-order valence-electron chi connectivity index (χ0n) is 9.89. The first-order valence-corrected chi connectivity index (χ1v) is 6.73. The average molecular weight is 248 g/mol. The van der Waals surface area contributed by atoms with Crippen LogP contribution in [-0.4, -0.2) is 48.1 Å². The molecule has 0 unspecified atom stereocenters. The van der Waals surface area contributed by atoms with Crippen molar-refractivity contribution in [2.75, 3.05) is 38.7 Å². The quantitative estimate of drug-likeness (QED) is 0.879. The molecule has 2 aromatic rings. The van der Waals surface area contributed by atoms with Crippen molar-refractivity contribution in [2.45, 2.75) is 0 Å². The molecule has 90 valence electrons. The number of nitrogens with zero attached hydrogens (tertiary/aromatic N) is 3. The van der Waals surface area contributed by atoms with Crippen LogP contribution in [0.15, 0.2) is 23.7 Å². The molecule has 3 rings (SSSR count). The van der Waals surface area contributed by atoms with Gasteiger partial charge in [0.25, 0.3) is 0 Å². The highest BCUT2D eigenvalue weighted by molar-refractivity contribution is 7.17. The summed E-state index contributed by atoms with van der Waals surface area (Å²) in [5.41, 5.74) is 3.43. The van der Waals surface area contributed by atoms with E-state index in [9.17, 15) is 0 Å². The fraction of sp³-hybridized carbons (Fsp3) is 0.417. The van der Waals surface area contributed by atoms with E-state index in [-0.39, 0.29) is 0 Å². The summed E-state index contributed by atoms with van der Waals surface area (Å²) < 4.78 is 1.29. The Morgan fingerprint density at radius 3 is 2.88 bits per heavy atom. The molecular formula is C12H16N4S. The topological polar surface area (TPSA) is 31.4 Å². The number of anilines is 1. The summed E-state index contributed by atoms with van der Waals surface area (Å²) in [6.45, 7) is 4.29. The van der Waals surface area contributed by atoms with Crippen molar-refractivity contribution < 1.29 is 0 Å². The Bertz CT molecular complexity index is 502. The van der Waals surface area contributed by atoms with Crippen LogP contribution in [0.4, 0.5) is 5.82 Å². The summed E-state index contributed by atoms with van der Waals surface area (Å²) in [5, 5.41) is 5.58. The zero-order valence-corrected chi connectivity index (χ0v) is 10.7. The van der Waals surface area contributed by atoms with Gasteiger partial charge in [-0.1, -0.05) is 0 Å². The fourth-order valence-electron chi connectivity index (χ4n) is 2.05. The van der Waals surface area contributed by atoms with Crippen LogP contribution in [0.1, 0.15) is 0 Å². The van der Waals surface area contributed by atoms with Gasteiger partial charge in [-0.05, 0) is 24.6 Å². The molecule has 4 nitrogen and oxygen atoms in total. The molecule has 17 heavy (non-hydrogen) atoms. The lowest BCUT2D eigenvalue weighted by Crippen LogP contribution is -2.47. The van der Waals surface area contributed by atoms with Crippen LogP contribution in [0.2, 0.25) is 0 Å². The van der Waals surface area contributed by atoms with Gasteiger partial charge < -0.3 is 10.3 Å². The summed E-state index contributed by atoms with van der Waals surface area (Å²) in [5.74, 6) is 0.980. The first-order chi connectivity index (χ1) is 8.33. The summed E-state index contributed by atoms with van der Waals surface area (Å²) in [6.07, 6.45) is 1.87. The molecule has 0 amide bonds. The number of fused-ring (bicyclic) bond motifs is 1. The van der Waals surface area contributed by atoms with Gasteiger partial charge in [0.15, 0.2) is 0 Å². The Kier molecular flexibility index (Phi) is 2.96. The second-order valence-corrected chi connectivity index (χ2v) is 5.34. The normalized spacial score (nSPS) is 18.6. The Morgan fingerprint density at radius 2 is 2.06 bits per heavy atom. The predicted octanol–water partition coefficient (Wildman–Crippen LogP) is 1.87. The van der Waals surface area contributed by atoms with Crippen LogP contribution >= 0.6 is 11.3 Å². The van der Waals surface area contributed by atoms with Crippen molar-refractivity contribution in [1.29, 1.82) is 0 Å². The van der Waals surface area contributed by atoms with Gasteiger partial charge in [0.2, 0.25) is 0 Å². The lowest BCUT2D eigenvalue weighted by atomic mass is 10.3. The molecule has 5 heteroatoms.